The predicted octanol–water partition coefficient (Wildman–Crippen LogP) is 6.46. The number of halogens is 1. The Morgan fingerprint density at radius 1 is 0.857 bits per heavy atom. The van der Waals surface area contributed by atoms with Gasteiger partial charge in [0.2, 0.25) is 0 Å². The summed E-state index contributed by atoms with van der Waals surface area (Å²) in [5.74, 6) is -0.695. The molecule has 4 aromatic rings. The maximum Gasteiger partial charge on any atom is 0.268 e. The zero-order chi connectivity index (χ0) is 24.2. The highest BCUT2D eigenvalue weighted by molar-refractivity contribution is 6.32. The lowest BCUT2D eigenvalue weighted by Crippen LogP contribution is -2.38. The second kappa shape index (κ2) is 10.2. The molecule has 0 spiro atoms. The van der Waals surface area contributed by atoms with Gasteiger partial charge in [-0.3, -0.25) is 9.59 Å². The highest BCUT2D eigenvalue weighted by atomic mass is 35.5. The number of amides is 2. The van der Waals surface area contributed by atoms with Crippen LogP contribution in [0.25, 0.3) is 16.8 Å². The molecular weight excluding hydrogens is 456 g/mol. The van der Waals surface area contributed by atoms with E-state index in [2.05, 4.69) is 22.8 Å². The molecular formula is C30H25ClN2O2. The third-order valence-electron chi connectivity index (χ3n) is 6.41. The summed E-state index contributed by atoms with van der Waals surface area (Å²) in [4.78, 5) is 26.9. The van der Waals surface area contributed by atoms with E-state index in [1.807, 2.05) is 66.7 Å². The molecule has 0 heterocycles. The summed E-state index contributed by atoms with van der Waals surface area (Å²) in [6.45, 7) is 0. The minimum atomic E-state index is -0.348. The van der Waals surface area contributed by atoms with Crippen LogP contribution in [0.15, 0.2) is 96.7 Å². The van der Waals surface area contributed by atoms with Crippen molar-refractivity contribution in [1.29, 1.82) is 0 Å². The largest absolute Gasteiger partial charge is 0.344 e. The van der Waals surface area contributed by atoms with E-state index in [4.69, 9.17) is 11.6 Å². The quantitative estimate of drug-likeness (QED) is 0.322. The number of nitrogens with one attached hydrogen (secondary N) is 2. The second-order valence-corrected chi connectivity index (χ2v) is 9.08. The molecule has 5 rings (SSSR count). The van der Waals surface area contributed by atoms with Crippen molar-refractivity contribution in [3.8, 4) is 0 Å². The summed E-state index contributed by atoms with van der Waals surface area (Å²) >= 11 is 6.37. The first-order valence-corrected chi connectivity index (χ1v) is 12.1. The number of carbonyl (C=O) groups is 2. The van der Waals surface area contributed by atoms with Gasteiger partial charge in [0.05, 0.1) is 6.04 Å². The van der Waals surface area contributed by atoms with Gasteiger partial charge < -0.3 is 10.6 Å². The van der Waals surface area contributed by atoms with Crippen molar-refractivity contribution in [3.63, 3.8) is 0 Å². The number of hydrogen-bond acceptors (Lipinski definition) is 2. The van der Waals surface area contributed by atoms with Gasteiger partial charge in [-0.1, -0.05) is 90.5 Å². The fraction of sp³-hybridized carbons (Fsp3) is 0.133. The van der Waals surface area contributed by atoms with Crippen LogP contribution >= 0.6 is 11.6 Å². The van der Waals surface area contributed by atoms with Crippen molar-refractivity contribution >= 4 is 40.3 Å². The molecule has 0 saturated heterocycles. The van der Waals surface area contributed by atoms with E-state index in [9.17, 15) is 9.59 Å². The summed E-state index contributed by atoms with van der Waals surface area (Å²) in [7, 11) is 0. The Labute approximate surface area is 209 Å². The lowest BCUT2D eigenvalue weighted by Gasteiger charge is -2.27. The lowest BCUT2D eigenvalue weighted by atomic mass is 9.87. The molecule has 1 unspecified atom stereocenters. The molecule has 1 aliphatic carbocycles. The van der Waals surface area contributed by atoms with Crippen molar-refractivity contribution in [1.82, 2.24) is 10.6 Å². The maximum atomic E-state index is 13.5. The smallest absolute Gasteiger partial charge is 0.268 e. The van der Waals surface area contributed by atoms with Crippen LogP contribution in [0.3, 0.4) is 0 Å². The van der Waals surface area contributed by atoms with Gasteiger partial charge in [-0.05, 0) is 64.9 Å². The summed E-state index contributed by atoms with van der Waals surface area (Å²) in [6.07, 6.45) is 4.48. The topological polar surface area (TPSA) is 58.2 Å². The van der Waals surface area contributed by atoms with E-state index in [-0.39, 0.29) is 23.6 Å². The standard InChI is InChI=1S/C30H25ClN2O2/c31-26-17-6-3-11-22(26)19-28(30(35)32-27-18-8-13-21-10-2-5-15-24(21)27)33-29(34)25-16-7-12-20-9-1-4-14-23(20)25/h1-7,9-12,14-17,19,27H,8,13,18H2,(H,32,35)(H,33,34)/b28-19-. The molecule has 0 radical (unpaired) electrons. The summed E-state index contributed by atoms with van der Waals surface area (Å²) in [6, 6.07) is 28.6. The van der Waals surface area contributed by atoms with E-state index in [1.54, 1.807) is 18.2 Å². The third kappa shape index (κ3) is 4.98. The number of aryl methyl sites for hydroxylation is 1. The number of benzene rings is 4. The molecule has 0 aliphatic heterocycles. The predicted molar refractivity (Wildman–Crippen MR) is 141 cm³/mol. The normalized spacial score (nSPS) is 15.3. The van der Waals surface area contributed by atoms with Crippen LogP contribution < -0.4 is 10.6 Å². The van der Waals surface area contributed by atoms with Crippen LogP contribution in [-0.4, -0.2) is 11.8 Å². The van der Waals surface area contributed by atoms with Crippen LogP contribution in [-0.2, 0) is 11.2 Å². The number of fused-ring (bicyclic) bond motifs is 2. The van der Waals surface area contributed by atoms with Crippen molar-refractivity contribution < 1.29 is 9.59 Å². The van der Waals surface area contributed by atoms with Crippen LogP contribution in [0.1, 0.15) is 45.9 Å². The molecule has 35 heavy (non-hydrogen) atoms. The Balaban J connectivity index is 1.47. The monoisotopic (exact) mass is 480 g/mol. The van der Waals surface area contributed by atoms with Crippen LogP contribution in [0, 0.1) is 0 Å². The Morgan fingerprint density at radius 3 is 2.49 bits per heavy atom. The third-order valence-corrected chi connectivity index (χ3v) is 6.75. The highest BCUT2D eigenvalue weighted by Crippen LogP contribution is 2.30. The Morgan fingerprint density at radius 2 is 1.60 bits per heavy atom. The fourth-order valence-corrected chi connectivity index (χ4v) is 4.85. The number of hydrogen-bond donors (Lipinski definition) is 2. The van der Waals surface area contributed by atoms with Crippen molar-refractivity contribution in [3.05, 3.63) is 124 Å². The highest BCUT2D eigenvalue weighted by Gasteiger charge is 2.24. The molecule has 2 N–H and O–H groups in total. The second-order valence-electron chi connectivity index (χ2n) is 8.68. The Hall–Kier alpha value is -3.89. The van der Waals surface area contributed by atoms with E-state index >= 15 is 0 Å². The van der Waals surface area contributed by atoms with Gasteiger partial charge in [0.15, 0.2) is 0 Å². The van der Waals surface area contributed by atoms with Gasteiger partial charge in [0.25, 0.3) is 11.8 Å². The molecule has 0 aromatic heterocycles. The molecule has 0 saturated carbocycles. The molecule has 5 heteroatoms. The van der Waals surface area contributed by atoms with Gasteiger partial charge in [-0.2, -0.15) is 0 Å². The first-order valence-electron chi connectivity index (χ1n) is 11.7. The minimum absolute atomic E-state index is 0.114. The molecule has 0 bridgehead atoms. The van der Waals surface area contributed by atoms with Gasteiger partial charge in [0.1, 0.15) is 5.70 Å². The average molecular weight is 481 g/mol. The molecule has 1 aliphatic rings. The summed E-state index contributed by atoms with van der Waals surface area (Å²) < 4.78 is 0. The van der Waals surface area contributed by atoms with Crippen molar-refractivity contribution in [2.45, 2.75) is 25.3 Å². The van der Waals surface area contributed by atoms with Crippen molar-refractivity contribution in [2.24, 2.45) is 0 Å². The molecule has 1 atom stereocenters. The zero-order valence-electron chi connectivity index (χ0n) is 19.1. The van der Waals surface area contributed by atoms with Crippen LogP contribution in [0.2, 0.25) is 5.02 Å². The molecule has 0 fully saturated rings. The average Bonchev–Trinajstić information content (AvgIpc) is 2.89. The SMILES string of the molecule is O=C(NC1CCCc2ccccc21)/C(=C/c1ccccc1Cl)NC(=O)c1cccc2ccccc12. The fourth-order valence-electron chi connectivity index (χ4n) is 4.66. The van der Waals surface area contributed by atoms with E-state index in [0.717, 1.165) is 35.6 Å². The number of carbonyl (C=O) groups excluding carboxylic acids is 2. The van der Waals surface area contributed by atoms with Gasteiger partial charge in [0, 0.05) is 10.6 Å². The molecule has 174 valence electrons. The first kappa shape index (κ1) is 22.9. The van der Waals surface area contributed by atoms with Crippen LogP contribution in [0.5, 0.6) is 0 Å². The van der Waals surface area contributed by atoms with Gasteiger partial charge >= 0.3 is 0 Å². The summed E-state index contributed by atoms with van der Waals surface area (Å²) in [5, 5.41) is 8.29. The Bertz CT molecular complexity index is 1440. The molecule has 2 amide bonds. The van der Waals surface area contributed by atoms with E-state index < -0.39 is 0 Å². The van der Waals surface area contributed by atoms with E-state index in [0.29, 0.717) is 16.1 Å². The molecule has 4 nitrogen and oxygen atoms in total. The molecule has 4 aromatic carbocycles. The number of rotatable bonds is 5. The maximum absolute atomic E-state index is 13.5. The first-order chi connectivity index (χ1) is 17.1. The van der Waals surface area contributed by atoms with Crippen molar-refractivity contribution in [2.75, 3.05) is 0 Å². The van der Waals surface area contributed by atoms with Gasteiger partial charge in [-0.25, -0.2) is 0 Å². The Kier molecular flexibility index (Phi) is 6.64. The van der Waals surface area contributed by atoms with Gasteiger partial charge in [-0.15, -0.1) is 0 Å². The van der Waals surface area contributed by atoms with Crippen LogP contribution in [0.4, 0.5) is 0 Å². The lowest BCUT2D eigenvalue weighted by molar-refractivity contribution is -0.118. The minimum Gasteiger partial charge on any atom is -0.344 e. The van der Waals surface area contributed by atoms with E-state index in [1.165, 1.54) is 5.56 Å². The zero-order valence-corrected chi connectivity index (χ0v) is 19.9. The summed E-state index contributed by atoms with van der Waals surface area (Å²) in [5.41, 5.74) is 3.69.